The number of rotatable bonds is 5. The van der Waals surface area contributed by atoms with Crippen LogP contribution in [-0.4, -0.2) is 32.6 Å². The zero-order chi connectivity index (χ0) is 16.3. The van der Waals surface area contributed by atoms with Gasteiger partial charge in [0.05, 0.1) is 17.8 Å². The average molecular weight is 301 g/mol. The third kappa shape index (κ3) is 3.33. The van der Waals surface area contributed by atoms with Crippen LogP contribution in [0.1, 0.15) is 34.4 Å². The number of pyridine rings is 1. The molecule has 0 aliphatic heterocycles. The Hall–Kier alpha value is -2.63. The molecule has 0 unspecified atom stereocenters. The van der Waals surface area contributed by atoms with Gasteiger partial charge in [-0.15, -0.1) is 0 Å². The summed E-state index contributed by atoms with van der Waals surface area (Å²) in [4.78, 5) is 27.3. The van der Waals surface area contributed by atoms with Crippen LogP contribution >= 0.6 is 0 Å². The van der Waals surface area contributed by atoms with Crippen LogP contribution in [0.15, 0.2) is 30.5 Å². The quantitative estimate of drug-likeness (QED) is 0.881. The van der Waals surface area contributed by atoms with Crippen molar-refractivity contribution in [3.8, 4) is 0 Å². The van der Waals surface area contributed by atoms with Crippen LogP contribution in [0.25, 0.3) is 0 Å². The highest BCUT2D eigenvalue weighted by Crippen LogP contribution is 2.16. The highest BCUT2D eigenvalue weighted by molar-refractivity contribution is 5.97. The van der Waals surface area contributed by atoms with Gasteiger partial charge in [0.15, 0.2) is 0 Å². The molecule has 2 N–H and O–H groups in total. The Bertz CT molecular complexity index is 692. The Morgan fingerprint density at radius 2 is 2.09 bits per heavy atom. The normalized spacial score (nSPS) is 12.0. The number of hydrogen-bond acceptors (Lipinski definition) is 3. The van der Waals surface area contributed by atoms with Crippen molar-refractivity contribution in [3.05, 3.63) is 53.1 Å². The molecule has 1 atom stereocenters. The van der Waals surface area contributed by atoms with Crippen molar-refractivity contribution < 1.29 is 14.7 Å². The number of hydrogen-bond donors (Lipinski definition) is 2. The van der Waals surface area contributed by atoms with E-state index in [9.17, 15) is 9.59 Å². The minimum atomic E-state index is -1.06. The standard InChI is InChI=1S/C16H19N3O3/c1-10-8-14(15(20)18-11(2)16(21)22)12(3)19(10)9-13-6-4-5-7-17-13/h4-8,11H,9H2,1-3H3,(H,18,20)(H,21,22)/t11-/m1/s1. The molecule has 0 bridgehead atoms. The first-order chi connectivity index (χ1) is 10.4. The highest BCUT2D eigenvalue weighted by Gasteiger charge is 2.20. The van der Waals surface area contributed by atoms with E-state index in [1.165, 1.54) is 6.92 Å². The molecule has 1 amide bonds. The number of aromatic nitrogens is 2. The van der Waals surface area contributed by atoms with Crippen molar-refractivity contribution in [1.82, 2.24) is 14.9 Å². The lowest BCUT2D eigenvalue weighted by Crippen LogP contribution is -2.38. The summed E-state index contributed by atoms with van der Waals surface area (Å²) in [7, 11) is 0. The Morgan fingerprint density at radius 1 is 1.36 bits per heavy atom. The molecule has 6 heteroatoms. The molecule has 2 aromatic rings. The van der Waals surface area contributed by atoms with Crippen molar-refractivity contribution in [2.24, 2.45) is 0 Å². The minimum absolute atomic E-state index is 0.379. The van der Waals surface area contributed by atoms with E-state index in [2.05, 4.69) is 10.3 Å². The summed E-state index contributed by atoms with van der Waals surface area (Å²) in [6, 6.07) is 6.53. The largest absolute Gasteiger partial charge is 0.480 e. The van der Waals surface area contributed by atoms with E-state index in [0.717, 1.165) is 17.1 Å². The number of carboxylic acids is 1. The molecule has 0 radical (unpaired) electrons. The molecule has 2 heterocycles. The van der Waals surface area contributed by atoms with Crippen molar-refractivity contribution in [1.29, 1.82) is 0 Å². The number of carbonyl (C=O) groups is 2. The molecule has 2 aromatic heterocycles. The molecular weight excluding hydrogens is 282 g/mol. The van der Waals surface area contributed by atoms with Crippen LogP contribution in [0, 0.1) is 13.8 Å². The molecule has 0 fully saturated rings. The van der Waals surface area contributed by atoms with Gasteiger partial charge in [-0.25, -0.2) is 0 Å². The zero-order valence-electron chi connectivity index (χ0n) is 12.8. The minimum Gasteiger partial charge on any atom is -0.480 e. The number of aliphatic carboxylic acids is 1. The van der Waals surface area contributed by atoms with E-state index in [4.69, 9.17) is 5.11 Å². The fraction of sp³-hybridized carbons (Fsp3) is 0.312. The van der Waals surface area contributed by atoms with Crippen LogP contribution in [-0.2, 0) is 11.3 Å². The van der Waals surface area contributed by atoms with Gasteiger partial charge in [-0.05, 0) is 39.0 Å². The van der Waals surface area contributed by atoms with Gasteiger partial charge in [0.1, 0.15) is 6.04 Å². The maximum Gasteiger partial charge on any atom is 0.325 e. The fourth-order valence-electron chi connectivity index (χ4n) is 2.26. The molecule has 0 saturated heterocycles. The molecule has 0 spiro atoms. The first-order valence-corrected chi connectivity index (χ1v) is 7.00. The van der Waals surface area contributed by atoms with E-state index in [0.29, 0.717) is 12.1 Å². The molecule has 0 saturated carbocycles. The predicted octanol–water partition coefficient (Wildman–Crippen LogP) is 1.75. The zero-order valence-corrected chi connectivity index (χ0v) is 12.8. The lowest BCUT2D eigenvalue weighted by atomic mass is 10.2. The van der Waals surface area contributed by atoms with Gasteiger partial charge in [-0.1, -0.05) is 6.07 Å². The predicted molar refractivity (Wildman–Crippen MR) is 81.8 cm³/mol. The van der Waals surface area contributed by atoms with Gasteiger partial charge in [0.2, 0.25) is 0 Å². The maximum absolute atomic E-state index is 12.2. The summed E-state index contributed by atoms with van der Waals surface area (Å²) in [6.07, 6.45) is 1.73. The second kappa shape index (κ2) is 6.43. The van der Waals surface area contributed by atoms with Crippen LogP contribution in [0.2, 0.25) is 0 Å². The molecule has 0 aromatic carbocycles. The van der Waals surface area contributed by atoms with Gasteiger partial charge in [-0.3, -0.25) is 14.6 Å². The summed E-state index contributed by atoms with van der Waals surface area (Å²) < 4.78 is 1.99. The van der Waals surface area contributed by atoms with Crippen molar-refractivity contribution in [2.45, 2.75) is 33.4 Å². The number of carboxylic acid groups (broad SMARTS) is 1. The molecule has 0 aliphatic carbocycles. The number of amides is 1. The molecule has 0 aliphatic rings. The third-order valence-corrected chi connectivity index (χ3v) is 3.58. The van der Waals surface area contributed by atoms with E-state index >= 15 is 0 Å². The molecular formula is C16H19N3O3. The topological polar surface area (TPSA) is 84.2 Å². The summed E-state index contributed by atoms with van der Waals surface area (Å²) in [5.41, 5.74) is 3.10. The number of aryl methyl sites for hydroxylation is 1. The Labute approximate surface area is 128 Å². The van der Waals surface area contributed by atoms with Gasteiger partial charge >= 0.3 is 5.97 Å². The molecule has 2 rings (SSSR count). The van der Waals surface area contributed by atoms with Gasteiger partial charge < -0.3 is 15.0 Å². The third-order valence-electron chi connectivity index (χ3n) is 3.58. The number of nitrogens with one attached hydrogen (secondary N) is 1. The second-order valence-corrected chi connectivity index (χ2v) is 5.23. The van der Waals surface area contributed by atoms with Crippen molar-refractivity contribution in [3.63, 3.8) is 0 Å². The van der Waals surface area contributed by atoms with Crippen molar-refractivity contribution >= 4 is 11.9 Å². The first kappa shape index (κ1) is 15.8. The van der Waals surface area contributed by atoms with Crippen molar-refractivity contribution in [2.75, 3.05) is 0 Å². The van der Waals surface area contributed by atoms with Crippen LogP contribution in [0.5, 0.6) is 0 Å². The van der Waals surface area contributed by atoms with E-state index in [1.807, 2.05) is 36.6 Å². The summed E-state index contributed by atoms with van der Waals surface area (Å²) >= 11 is 0. The second-order valence-electron chi connectivity index (χ2n) is 5.23. The Balaban J connectivity index is 2.23. The lowest BCUT2D eigenvalue weighted by molar-refractivity contribution is -0.138. The lowest BCUT2D eigenvalue weighted by Gasteiger charge is -2.11. The van der Waals surface area contributed by atoms with Gasteiger partial charge in [0, 0.05) is 17.6 Å². The maximum atomic E-state index is 12.2. The summed E-state index contributed by atoms with van der Waals surface area (Å²) in [5, 5.41) is 11.3. The average Bonchev–Trinajstić information content (AvgIpc) is 2.76. The Kier molecular flexibility index (Phi) is 4.60. The monoisotopic (exact) mass is 301 g/mol. The molecule has 22 heavy (non-hydrogen) atoms. The van der Waals surface area contributed by atoms with Gasteiger partial charge in [-0.2, -0.15) is 0 Å². The SMILES string of the molecule is Cc1cc(C(=O)N[C@H](C)C(=O)O)c(C)n1Cc1ccccn1. The highest BCUT2D eigenvalue weighted by atomic mass is 16.4. The Morgan fingerprint density at radius 3 is 2.68 bits per heavy atom. The number of carbonyl (C=O) groups excluding carboxylic acids is 1. The smallest absolute Gasteiger partial charge is 0.325 e. The number of nitrogens with zero attached hydrogens (tertiary/aromatic N) is 2. The first-order valence-electron chi connectivity index (χ1n) is 7.00. The summed E-state index contributed by atoms with van der Waals surface area (Å²) in [6.45, 7) is 5.76. The van der Waals surface area contributed by atoms with E-state index < -0.39 is 12.0 Å². The van der Waals surface area contributed by atoms with Crippen LogP contribution < -0.4 is 5.32 Å². The van der Waals surface area contributed by atoms with E-state index in [1.54, 1.807) is 12.3 Å². The van der Waals surface area contributed by atoms with Gasteiger partial charge in [0.25, 0.3) is 5.91 Å². The molecule has 116 valence electrons. The summed E-state index contributed by atoms with van der Waals surface area (Å²) in [5.74, 6) is -1.44. The van der Waals surface area contributed by atoms with Crippen LogP contribution in [0.3, 0.4) is 0 Å². The van der Waals surface area contributed by atoms with Crippen LogP contribution in [0.4, 0.5) is 0 Å². The van der Waals surface area contributed by atoms with E-state index in [-0.39, 0.29) is 5.91 Å². The molecule has 6 nitrogen and oxygen atoms in total. The fourth-order valence-corrected chi connectivity index (χ4v) is 2.26.